The second-order valence-electron chi connectivity index (χ2n) is 9.47. The monoisotopic (exact) mass is 493 g/mol. The van der Waals surface area contributed by atoms with E-state index in [9.17, 15) is 24.5 Å². The van der Waals surface area contributed by atoms with Crippen LogP contribution in [-0.4, -0.2) is 72.1 Å². The number of benzene rings is 2. The van der Waals surface area contributed by atoms with E-state index in [1.54, 1.807) is 6.07 Å². The zero-order valence-corrected chi connectivity index (χ0v) is 19.4. The number of imide groups is 2. The number of rotatable bonds is 3. The number of nitro groups is 1. The number of fused-ring (bicyclic) bond motifs is 5. The molecule has 0 aromatic heterocycles. The van der Waals surface area contributed by atoms with E-state index in [4.69, 9.17) is 9.47 Å². The summed E-state index contributed by atoms with van der Waals surface area (Å²) in [4.78, 5) is 55.3. The summed E-state index contributed by atoms with van der Waals surface area (Å²) < 4.78 is 10.9. The molecule has 36 heavy (non-hydrogen) atoms. The van der Waals surface area contributed by atoms with E-state index in [1.807, 2.05) is 23.1 Å². The fourth-order valence-corrected chi connectivity index (χ4v) is 5.75. The Kier molecular flexibility index (Phi) is 4.90. The van der Waals surface area contributed by atoms with Gasteiger partial charge in [0.05, 0.1) is 11.0 Å². The lowest BCUT2D eigenvalue weighted by atomic mass is 9.67. The number of nitrogens with one attached hydrogen (secondary N) is 1. The number of piperazine rings is 1. The van der Waals surface area contributed by atoms with Gasteiger partial charge in [0.15, 0.2) is 16.9 Å². The van der Waals surface area contributed by atoms with Gasteiger partial charge >= 0.3 is 6.03 Å². The highest BCUT2D eigenvalue weighted by Crippen LogP contribution is 2.46. The van der Waals surface area contributed by atoms with Gasteiger partial charge in [-0.3, -0.25) is 34.8 Å². The Hall–Kier alpha value is -4.19. The number of non-ortho nitro benzene ring substituents is 1. The molecule has 2 saturated heterocycles. The summed E-state index contributed by atoms with van der Waals surface area (Å²) in [5.41, 5.74) is 0.588. The van der Waals surface area contributed by atoms with Gasteiger partial charge in [0, 0.05) is 57.5 Å². The van der Waals surface area contributed by atoms with Crippen molar-refractivity contribution in [2.75, 3.05) is 38.4 Å². The lowest BCUT2D eigenvalue weighted by Gasteiger charge is -2.55. The molecule has 0 bridgehead atoms. The average Bonchev–Trinajstić information content (AvgIpc) is 3.34. The maximum absolute atomic E-state index is 13.6. The second kappa shape index (κ2) is 7.92. The Morgan fingerprint density at radius 1 is 1.11 bits per heavy atom. The van der Waals surface area contributed by atoms with Gasteiger partial charge in [-0.25, -0.2) is 4.79 Å². The van der Waals surface area contributed by atoms with Crippen LogP contribution in [-0.2, 0) is 22.6 Å². The van der Waals surface area contributed by atoms with Crippen molar-refractivity contribution in [2.24, 2.45) is 5.41 Å². The molecule has 12 heteroatoms. The number of hydrogen-bond acceptors (Lipinski definition) is 9. The fraction of sp³-hybridized carbons (Fsp3) is 0.375. The first kappa shape index (κ1) is 22.3. The molecule has 2 atom stereocenters. The van der Waals surface area contributed by atoms with Crippen molar-refractivity contribution in [3.05, 3.63) is 57.6 Å². The molecule has 0 aliphatic carbocycles. The molecule has 2 aromatic carbocycles. The molecule has 1 N–H and O–H groups in total. The third-order valence-electron chi connectivity index (χ3n) is 7.55. The summed E-state index contributed by atoms with van der Waals surface area (Å²) in [6, 6.07) is 8.92. The zero-order chi connectivity index (χ0) is 25.2. The third kappa shape index (κ3) is 3.21. The van der Waals surface area contributed by atoms with Gasteiger partial charge in [-0.2, -0.15) is 0 Å². The van der Waals surface area contributed by atoms with Crippen molar-refractivity contribution >= 4 is 29.2 Å². The summed E-state index contributed by atoms with van der Waals surface area (Å²) in [7, 11) is 1.34. The lowest BCUT2D eigenvalue weighted by molar-refractivity contribution is -0.384. The Labute approximate surface area is 205 Å². The fourth-order valence-electron chi connectivity index (χ4n) is 5.75. The van der Waals surface area contributed by atoms with Crippen LogP contribution in [0.15, 0.2) is 36.4 Å². The molecule has 4 heterocycles. The number of nitrogens with zero attached hydrogens (tertiary/aromatic N) is 4. The average molecular weight is 493 g/mol. The van der Waals surface area contributed by atoms with Crippen LogP contribution in [0.2, 0.25) is 0 Å². The van der Waals surface area contributed by atoms with Gasteiger partial charge in [-0.1, -0.05) is 6.07 Å². The maximum atomic E-state index is 13.6. The van der Waals surface area contributed by atoms with Crippen LogP contribution in [0.25, 0.3) is 0 Å². The van der Waals surface area contributed by atoms with Crippen molar-refractivity contribution in [2.45, 2.75) is 19.0 Å². The molecule has 2 fully saturated rings. The van der Waals surface area contributed by atoms with E-state index in [0.29, 0.717) is 43.2 Å². The number of nitro benzene ring substituents is 1. The molecule has 4 aliphatic heterocycles. The van der Waals surface area contributed by atoms with E-state index in [1.165, 1.54) is 19.2 Å². The Morgan fingerprint density at radius 2 is 1.92 bits per heavy atom. The van der Waals surface area contributed by atoms with Crippen LogP contribution in [0, 0.1) is 15.5 Å². The number of carbonyl (C=O) groups is 3. The smallest absolute Gasteiger partial charge is 0.330 e. The molecule has 6 rings (SSSR count). The third-order valence-corrected chi connectivity index (χ3v) is 7.55. The van der Waals surface area contributed by atoms with Gasteiger partial charge in [-0.05, 0) is 29.3 Å². The minimum absolute atomic E-state index is 0.0364. The SMILES string of the molecule is CN1C(=O)NC(=O)[C@]2(Cc3cc([N+](=O)[O-])ccc3N3CCN(Cc4ccc5c(c4)OCO5)C[C@@H]32)C1=O. The highest BCUT2D eigenvalue weighted by molar-refractivity contribution is 6.20. The highest BCUT2D eigenvalue weighted by Gasteiger charge is 2.62. The highest BCUT2D eigenvalue weighted by atomic mass is 16.7. The molecule has 12 nitrogen and oxygen atoms in total. The van der Waals surface area contributed by atoms with Crippen molar-refractivity contribution < 1.29 is 28.8 Å². The standard InChI is InChI=1S/C24H23N5O7/c1-26-22(31)24(21(30)25-23(26)32)10-15-9-16(29(33)34)3-4-17(15)28-7-6-27(12-20(24)28)11-14-2-5-18-19(8-14)36-13-35-18/h2-5,8-9,20H,6-7,10-13H2,1H3,(H,25,30,32)/t20-,24-/m1/s1. The quantitative estimate of drug-likeness (QED) is 0.381. The van der Waals surface area contributed by atoms with Crippen LogP contribution < -0.4 is 19.7 Å². The van der Waals surface area contributed by atoms with Crippen LogP contribution >= 0.6 is 0 Å². The number of ether oxygens (including phenoxy) is 2. The molecule has 2 aromatic rings. The minimum atomic E-state index is -1.60. The molecule has 0 unspecified atom stereocenters. The lowest BCUT2D eigenvalue weighted by Crippen LogP contribution is -2.74. The Bertz CT molecular complexity index is 1330. The summed E-state index contributed by atoms with van der Waals surface area (Å²) >= 11 is 0. The van der Waals surface area contributed by atoms with Gasteiger partial charge < -0.3 is 14.4 Å². The van der Waals surface area contributed by atoms with Crippen molar-refractivity contribution in [3.63, 3.8) is 0 Å². The molecule has 0 radical (unpaired) electrons. The topological polar surface area (TPSA) is 135 Å². The van der Waals surface area contributed by atoms with E-state index >= 15 is 0 Å². The predicted molar refractivity (Wildman–Crippen MR) is 125 cm³/mol. The van der Waals surface area contributed by atoms with Gasteiger partial charge in [0.2, 0.25) is 18.6 Å². The van der Waals surface area contributed by atoms with Crippen LogP contribution in [0.1, 0.15) is 11.1 Å². The Balaban J connectivity index is 1.38. The van der Waals surface area contributed by atoms with E-state index in [2.05, 4.69) is 10.2 Å². The van der Waals surface area contributed by atoms with Crippen molar-refractivity contribution in [3.8, 4) is 11.5 Å². The van der Waals surface area contributed by atoms with Gasteiger partial charge in [0.25, 0.3) is 5.69 Å². The molecular formula is C24H23N5O7. The first-order valence-electron chi connectivity index (χ1n) is 11.6. The van der Waals surface area contributed by atoms with Crippen LogP contribution in [0.3, 0.4) is 0 Å². The van der Waals surface area contributed by atoms with E-state index in [-0.39, 0.29) is 18.9 Å². The molecule has 4 amide bonds. The number of hydrogen-bond donors (Lipinski definition) is 1. The largest absolute Gasteiger partial charge is 0.454 e. The summed E-state index contributed by atoms with van der Waals surface area (Å²) in [6.45, 7) is 2.27. The number of carbonyl (C=O) groups excluding carboxylic acids is 3. The molecule has 0 saturated carbocycles. The summed E-state index contributed by atoms with van der Waals surface area (Å²) in [6.07, 6.45) is -0.0364. The van der Waals surface area contributed by atoms with Crippen LogP contribution in [0.5, 0.6) is 11.5 Å². The number of barbiturate groups is 1. The number of anilines is 1. The first-order valence-corrected chi connectivity index (χ1v) is 11.6. The predicted octanol–water partition coefficient (Wildman–Crippen LogP) is 1.26. The molecular weight excluding hydrogens is 470 g/mol. The zero-order valence-electron chi connectivity index (χ0n) is 19.4. The first-order chi connectivity index (χ1) is 17.3. The van der Waals surface area contributed by atoms with Crippen molar-refractivity contribution in [1.82, 2.24) is 15.1 Å². The van der Waals surface area contributed by atoms with Crippen molar-refractivity contribution in [1.29, 1.82) is 0 Å². The second-order valence-corrected chi connectivity index (χ2v) is 9.47. The summed E-state index contributed by atoms with van der Waals surface area (Å²) in [5.74, 6) is 0.0940. The van der Waals surface area contributed by atoms with Crippen LogP contribution in [0.4, 0.5) is 16.2 Å². The van der Waals surface area contributed by atoms with Gasteiger partial charge in [-0.15, -0.1) is 0 Å². The normalized spacial score (nSPS) is 25.0. The Morgan fingerprint density at radius 3 is 2.72 bits per heavy atom. The molecule has 186 valence electrons. The molecule has 4 aliphatic rings. The summed E-state index contributed by atoms with van der Waals surface area (Å²) in [5, 5.41) is 13.7. The number of urea groups is 1. The number of amides is 4. The molecule has 1 spiro atoms. The van der Waals surface area contributed by atoms with Gasteiger partial charge in [0.1, 0.15) is 0 Å². The van der Waals surface area contributed by atoms with E-state index in [0.717, 1.165) is 16.2 Å². The minimum Gasteiger partial charge on any atom is -0.454 e. The van der Waals surface area contributed by atoms with E-state index < -0.39 is 34.2 Å². The maximum Gasteiger partial charge on any atom is 0.330 e.